The molecule has 2 amide bonds. The summed E-state index contributed by atoms with van der Waals surface area (Å²) in [5, 5.41) is 14.4. The second-order valence-electron chi connectivity index (χ2n) is 8.11. The highest BCUT2D eigenvalue weighted by Gasteiger charge is 2.20. The maximum Gasteiger partial charge on any atom is 0.269 e. The highest BCUT2D eigenvalue weighted by atomic mass is 16.2. The molecule has 3 aromatic heterocycles. The molecular weight excluding hydrogens is 382 g/mol. The van der Waals surface area contributed by atoms with Crippen LogP contribution in [0.15, 0.2) is 30.7 Å². The minimum absolute atomic E-state index is 0.0898. The van der Waals surface area contributed by atoms with Gasteiger partial charge in [-0.3, -0.25) is 14.3 Å². The maximum absolute atomic E-state index is 12.5. The van der Waals surface area contributed by atoms with Crippen LogP contribution in [0.5, 0.6) is 0 Å². The van der Waals surface area contributed by atoms with Crippen molar-refractivity contribution in [2.45, 2.75) is 58.7 Å². The number of imidazole rings is 1. The quantitative estimate of drug-likeness (QED) is 0.593. The summed E-state index contributed by atoms with van der Waals surface area (Å²) in [6.07, 6.45) is 9.30. The van der Waals surface area contributed by atoms with Crippen LogP contribution < -0.4 is 10.6 Å². The molecule has 1 saturated carbocycles. The Morgan fingerprint density at radius 2 is 2.03 bits per heavy atom. The molecule has 0 aliphatic heterocycles. The lowest BCUT2D eigenvalue weighted by atomic mass is 9.83. The number of hydrogen-bond acceptors (Lipinski definition) is 5. The van der Waals surface area contributed by atoms with Crippen LogP contribution in [0.25, 0.3) is 5.65 Å². The summed E-state index contributed by atoms with van der Waals surface area (Å²) >= 11 is 0. The standard InChI is InChI=1S/C21H27N7O2/c1-14(2)28-18(6-7-24-28)21(30)23-12-17-13-27-19(26-17)8-16(11-25-27)10-22-20(29)9-15-4-3-5-15/h6-8,11,13-15H,3-5,9-10,12H2,1-2H3,(H,22,29)(H,23,30). The van der Waals surface area contributed by atoms with Crippen molar-refractivity contribution in [3.05, 3.63) is 47.7 Å². The fraction of sp³-hybridized carbons (Fsp3) is 0.476. The zero-order valence-electron chi connectivity index (χ0n) is 17.3. The first-order valence-electron chi connectivity index (χ1n) is 10.4. The van der Waals surface area contributed by atoms with E-state index in [9.17, 15) is 9.59 Å². The van der Waals surface area contributed by atoms with E-state index in [2.05, 4.69) is 25.8 Å². The Kier molecular flexibility index (Phi) is 5.78. The van der Waals surface area contributed by atoms with E-state index in [0.29, 0.717) is 42.5 Å². The van der Waals surface area contributed by atoms with Gasteiger partial charge in [0.25, 0.3) is 5.91 Å². The monoisotopic (exact) mass is 409 g/mol. The number of carbonyl (C=O) groups excluding carboxylic acids is 2. The molecule has 0 aromatic carbocycles. The van der Waals surface area contributed by atoms with E-state index < -0.39 is 0 Å². The molecule has 9 heteroatoms. The van der Waals surface area contributed by atoms with Crippen molar-refractivity contribution in [2.24, 2.45) is 5.92 Å². The van der Waals surface area contributed by atoms with Crippen LogP contribution in [-0.4, -0.2) is 36.2 Å². The lowest BCUT2D eigenvalue weighted by molar-refractivity contribution is -0.122. The van der Waals surface area contributed by atoms with E-state index in [4.69, 9.17) is 0 Å². The molecule has 30 heavy (non-hydrogen) atoms. The maximum atomic E-state index is 12.5. The first-order chi connectivity index (χ1) is 14.5. The molecule has 0 atom stereocenters. The van der Waals surface area contributed by atoms with Crippen LogP contribution in [0.2, 0.25) is 0 Å². The van der Waals surface area contributed by atoms with Crippen LogP contribution in [0, 0.1) is 5.92 Å². The fourth-order valence-electron chi connectivity index (χ4n) is 3.55. The van der Waals surface area contributed by atoms with Crippen LogP contribution >= 0.6 is 0 Å². The van der Waals surface area contributed by atoms with Crippen molar-refractivity contribution in [1.29, 1.82) is 0 Å². The minimum Gasteiger partial charge on any atom is -0.352 e. The number of hydrogen-bond donors (Lipinski definition) is 2. The van der Waals surface area contributed by atoms with Gasteiger partial charge in [0, 0.05) is 25.2 Å². The lowest BCUT2D eigenvalue weighted by Gasteiger charge is -2.24. The van der Waals surface area contributed by atoms with Crippen molar-refractivity contribution in [2.75, 3.05) is 0 Å². The van der Waals surface area contributed by atoms with Crippen molar-refractivity contribution < 1.29 is 9.59 Å². The third kappa shape index (κ3) is 4.50. The molecule has 3 heterocycles. The molecule has 0 unspecified atom stereocenters. The van der Waals surface area contributed by atoms with Gasteiger partial charge in [-0.1, -0.05) is 6.42 Å². The van der Waals surface area contributed by atoms with Gasteiger partial charge in [0.1, 0.15) is 5.69 Å². The van der Waals surface area contributed by atoms with Gasteiger partial charge in [-0.2, -0.15) is 10.2 Å². The average Bonchev–Trinajstić information content (AvgIpc) is 3.33. The third-order valence-corrected chi connectivity index (χ3v) is 5.44. The average molecular weight is 409 g/mol. The Labute approximate surface area is 174 Å². The fourth-order valence-corrected chi connectivity index (χ4v) is 3.55. The van der Waals surface area contributed by atoms with Crippen molar-refractivity contribution in [3.8, 4) is 0 Å². The van der Waals surface area contributed by atoms with E-state index >= 15 is 0 Å². The summed E-state index contributed by atoms with van der Waals surface area (Å²) in [6, 6.07) is 3.70. The lowest BCUT2D eigenvalue weighted by Crippen LogP contribution is -2.27. The van der Waals surface area contributed by atoms with Gasteiger partial charge in [0.15, 0.2) is 5.65 Å². The van der Waals surface area contributed by atoms with Crippen LogP contribution in [-0.2, 0) is 17.9 Å². The van der Waals surface area contributed by atoms with E-state index in [1.54, 1.807) is 33.9 Å². The molecule has 1 aliphatic carbocycles. The Morgan fingerprint density at radius 1 is 1.20 bits per heavy atom. The largest absolute Gasteiger partial charge is 0.352 e. The highest BCUT2D eigenvalue weighted by molar-refractivity contribution is 5.92. The Balaban J connectivity index is 1.34. The molecule has 158 valence electrons. The molecule has 3 aromatic rings. The van der Waals surface area contributed by atoms with Gasteiger partial charge >= 0.3 is 0 Å². The first kappa shape index (κ1) is 20.1. The van der Waals surface area contributed by atoms with Crippen LogP contribution in [0.1, 0.15) is 67.3 Å². The molecule has 0 saturated heterocycles. The van der Waals surface area contributed by atoms with E-state index in [1.165, 1.54) is 6.42 Å². The number of nitrogens with one attached hydrogen (secondary N) is 2. The Morgan fingerprint density at radius 3 is 2.77 bits per heavy atom. The van der Waals surface area contributed by atoms with Crippen LogP contribution in [0.3, 0.4) is 0 Å². The van der Waals surface area contributed by atoms with Gasteiger partial charge in [0.2, 0.25) is 5.91 Å². The van der Waals surface area contributed by atoms with Crippen molar-refractivity contribution >= 4 is 17.5 Å². The normalized spacial score (nSPS) is 14.1. The summed E-state index contributed by atoms with van der Waals surface area (Å²) < 4.78 is 3.35. The smallest absolute Gasteiger partial charge is 0.269 e. The zero-order valence-corrected chi connectivity index (χ0v) is 17.3. The minimum atomic E-state index is -0.193. The molecular formula is C21H27N7O2. The van der Waals surface area contributed by atoms with E-state index in [1.807, 2.05) is 19.9 Å². The van der Waals surface area contributed by atoms with Crippen LogP contribution in [0.4, 0.5) is 0 Å². The molecule has 0 radical (unpaired) electrons. The molecule has 2 N–H and O–H groups in total. The van der Waals surface area contributed by atoms with Gasteiger partial charge in [0.05, 0.1) is 24.6 Å². The molecule has 0 spiro atoms. The van der Waals surface area contributed by atoms with Gasteiger partial charge in [-0.05, 0) is 50.3 Å². The number of amides is 2. The topological polar surface area (TPSA) is 106 Å². The predicted molar refractivity (Wildman–Crippen MR) is 111 cm³/mol. The number of carbonyl (C=O) groups is 2. The second-order valence-corrected chi connectivity index (χ2v) is 8.11. The number of fused-ring (bicyclic) bond motifs is 1. The molecule has 9 nitrogen and oxygen atoms in total. The number of nitrogens with zero attached hydrogens (tertiary/aromatic N) is 5. The third-order valence-electron chi connectivity index (χ3n) is 5.44. The summed E-state index contributed by atoms with van der Waals surface area (Å²) in [6.45, 7) is 4.68. The highest BCUT2D eigenvalue weighted by Crippen LogP contribution is 2.29. The Hall–Kier alpha value is -3.23. The van der Waals surface area contributed by atoms with Crippen molar-refractivity contribution in [1.82, 2.24) is 35.0 Å². The summed E-state index contributed by atoms with van der Waals surface area (Å²) in [5.41, 5.74) is 2.80. The number of aromatic nitrogens is 5. The van der Waals surface area contributed by atoms with Crippen molar-refractivity contribution in [3.63, 3.8) is 0 Å². The van der Waals surface area contributed by atoms with Gasteiger partial charge in [-0.25, -0.2) is 9.50 Å². The summed E-state index contributed by atoms with van der Waals surface area (Å²) in [5.74, 6) is 0.447. The SMILES string of the molecule is CC(C)n1nccc1C(=O)NCc1cn2ncc(CNC(=O)CC3CCC3)cc2n1. The predicted octanol–water partition coefficient (Wildman–Crippen LogP) is 2.24. The molecule has 1 aliphatic rings. The van der Waals surface area contributed by atoms with E-state index in [0.717, 1.165) is 18.4 Å². The molecule has 1 fully saturated rings. The van der Waals surface area contributed by atoms with Gasteiger partial charge in [-0.15, -0.1) is 0 Å². The van der Waals surface area contributed by atoms with Gasteiger partial charge < -0.3 is 10.6 Å². The molecule has 0 bridgehead atoms. The summed E-state index contributed by atoms with van der Waals surface area (Å²) in [4.78, 5) is 29.0. The first-order valence-corrected chi connectivity index (χ1v) is 10.4. The Bertz CT molecular complexity index is 1050. The molecule has 4 rings (SSSR count). The number of rotatable bonds is 8. The second kappa shape index (κ2) is 8.64. The zero-order chi connectivity index (χ0) is 21.1. The summed E-state index contributed by atoms with van der Waals surface area (Å²) in [7, 11) is 0. The van der Waals surface area contributed by atoms with E-state index in [-0.39, 0.29) is 17.9 Å².